The zero-order valence-corrected chi connectivity index (χ0v) is 15.7. The van der Waals surface area contributed by atoms with Crippen molar-refractivity contribution in [2.75, 3.05) is 39.3 Å². The Bertz CT molecular complexity index is 827. The third kappa shape index (κ3) is 4.96. The second kappa shape index (κ2) is 8.83. The standard InChI is InChI=1S/C19H22ClN5O2/c1-2-6-21-18(26)13-24-7-9-25(10-8-24)19(27)17-12-16(22-23-17)14-4-3-5-15(20)11-14/h2-5,11-12H,1,6-10,13H2,(H,21,26)(H,22,23). The second-order valence-electron chi connectivity index (χ2n) is 6.34. The first-order chi connectivity index (χ1) is 13.1. The van der Waals surface area contributed by atoms with E-state index in [9.17, 15) is 9.59 Å². The van der Waals surface area contributed by atoms with E-state index >= 15 is 0 Å². The highest BCUT2D eigenvalue weighted by molar-refractivity contribution is 6.30. The first-order valence-corrected chi connectivity index (χ1v) is 9.15. The number of aromatic amines is 1. The van der Waals surface area contributed by atoms with E-state index in [1.807, 2.05) is 23.1 Å². The first-order valence-electron chi connectivity index (χ1n) is 8.77. The Balaban J connectivity index is 1.55. The molecule has 142 valence electrons. The monoisotopic (exact) mass is 387 g/mol. The van der Waals surface area contributed by atoms with Gasteiger partial charge in [-0.25, -0.2) is 0 Å². The highest BCUT2D eigenvalue weighted by Crippen LogP contribution is 2.22. The molecule has 0 bridgehead atoms. The molecule has 0 atom stereocenters. The summed E-state index contributed by atoms with van der Waals surface area (Å²) >= 11 is 6.01. The molecule has 7 nitrogen and oxygen atoms in total. The van der Waals surface area contributed by atoms with Crippen LogP contribution in [0.4, 0.5) is 0 Å². The van der Waals surface area contributed by atoms with Crippen LogP contribution >= 0.6 is 11.6 Å². The van der Waals surface area contributed by atoms with Crippen LogP contribution < -0.4 is 5.32 Å². The van der Waals surface area contributed by atoms with Crippen LogP contribution in [0.2, 0.25) is 5.02 Å². The molecule has 8 heteroatoms. The van der Waals surface area contributed by atoms with Gasteiger partial charge in [-0.3, -0.25) is 19.6 Å². The Morgan fingerprint density at radius 3 is 2.74 bits per heavy atom. The lowest BCUT2D eigenvalue weighted by Gasteiger charge is -2.34. The van der Waals surface area contributed by atoms with Gasteiger partial charge in [0.1, 0.15) is 5.69 Å². The minimum Gasteiger partial charge on any atom is -0.352 e. The molecule has 2 aromatic rings. The predicted molar refractivity (Wildman–Crippen MR) is 105 cm³/mol. The van der Waals surface area contributed by atoms with Crippen LogP contribution in [-0.4, -0.2) is 71.1 Å². The average molecular weight is 388 g/mol. The largest absolute Gasteiger partial charge is 0.352 e. The summed E-state index contributed by atoms with van der Waals surface area (Å²) in [5.74, 6) is -0.124. The van der Waals surface area contributed by atoms with Crippen LogP contribution in [0.15, 0.2) is 43.0 Å². The maximum atomic E-state index is 12.7. The molecule has 0 saturated carbocycles. The topological polar surface area (TPSA) is 81.3 Å². The lowest BCUT2D eigenvalue weighted by molar-refractivity contribution is -0.122. The number of hydrogen-bond donors (Lipinski definition) is 2. The molecule has 2 heterocycles. The molecule has 0 radical (unpaired) electrons. The van der Waals surface area contributed by atoms with Gasteiger partial charge in [0.15, 0.2) is 0 Å². The molecular formula is C19H22ClN5O2. The number of nitrogens with zero attached hydrogens (tertiary/aromatic N) is 3. The van der Waals surface area contributed by atoms with Crippen molar-refractivity contribution in [1.29, 1.82) is 0 Å². The van der Waals surface area contributed by atoms with Crippen molar-refractivity contribution in [2.45, 2.75) is 0 Å². The summed E-state index contributed by atoms with van der Waals surface area (Å²) in [6, 6.07) is 9.08. The molecule has 1 fully saturated rings. The van der Waals surface area contributed by atoms with Gasteiger partial charge in [-0.05, 0) is 18.2 Å². The number of hydrogen-bond acceptors (Lipinski definition) is 4. The number of halogens is 1. The summed E-state index contributed by atoms with van der Waals surface area (Å²) in [6.45, 7) is 6.82. The average Bonchev–Trinajstić information content (AvgIpc) is 3.17. The van der Waals surface area contributed by atoms with Crippen LogP contribution in [0, 0.1) is 0 Å². The van der Waals surface area contributed by atoms with Crippen molar-refractivity contribution in [3.8, 4) is 11.3 Å². The number of nitrogens with one attached hydrogen (secondary N) is 2. The number of piperazine rings is 1. The summed E-state index contributed by atoms with van der Waals surface area (Å²) in [6.07, 6.45) is 1.65. The quantitative estimate of drug-likeness (QED) is 0.740. The maximum Gasteiger partial charge on any atom is 0.271 e. The van der Waals surface area contributed by atoms with Gasteiger partial charge in [0, 0.05) is 43.3 Å². The molecule has 0 unspecified atom stereocenters. The molecule has 1 aromatic heterocycles. The molecule has 27 heavy (non-hydrogen) atoms. The summed E-state index contributed by atoms with van der Waals surface area (Å²) in [7, 11) is 0. The second-order valence-corrected chi connectivity index (χ2v) is 6.77. The summed E-state index contributed by atoms with van der Waals surface area (Å²) < 4.78 is 0. The molecule has 1 aliphatic rings. The van der Waals surface area contributed by atoms with E-state index in [0.717, 1.165) is 5.56 Å². The SMILES string of the molecule is C=CCNC(=O)CN1CCN(C(=O)c2cc(-c3cccc(Cl)c3)n[nH]2)CC1. The predicted octanol–water partition coefficient (Wildman–Crippen LogP) is 1.79. The lowest BCUT2D eigenvalue weighted by atomic mass is 10.1. The minimum absolute atomic E-state index is 0.0330. The van der Waals surface area contributed by atoms with E-state index in [2.05, 4.69) is 22.1 Å². The van der Waals surface area contributed by atoms with Crippen molar-refractivity contribution < 1.29 is 9.59 Å². The highest BCUT2D eigenvalue weighted by Gasteiger charge is 2.24. The van der Waals surface area contributed by atoms with Gasteiger partial charge in [0.25, 0.3) is 5.91 Å². The van der Waals surface area contributed by atoms with E-state index in [0.29, 0.717) is 55.7 Å². The number of carbonyl (C=O) groups excluding carboxylic acids is 2. The molecule has 1 aromatic carbocycles. The summed E-state index contributed by atoms with van der Waals surface area (Å²) in [5.41, 5.74) is 1.98. The molecule has 2 amide bonds. The van der Waals surface area contributed by atoms with E-state index in [1.165, 1.54) is 0 Å². The van der Waals surface area contributed by atoms with E-state index < -0.39 is 0 Å². The van der Waals surface area contributed by atoms with Crippen molar-refractivity contribution in [3.63, 3.8) is 0 Å². The molecule has 0 aliphatic carbocycles. The Labute approximate surface area is 163 Å². The zero-order chi connectivity index (χ0) is 19.2. The molecule has 1 saturated heterocycles. The van der Waals surface area contributed by atoms with Gasteiger partial charge >= 0.3 is 0 Å². The van der Waals surface area contributed by atoms with Crippen LogP contribution in [0.5, 0.6) is 0 Å². The number of amides is 2. The fourth-order valence-corrected chi connectivity index (χ4v) is 3.14. The van der Waals surface area contributed by atoms with E-state index in [4.69, 9.17) is 11.6 Å². The Hall–Kier alpha value is -2.64. The fraction of sp³-hybridized carbons (Fsp3) is 0.316. The van der Waals surface area contributed by atoms with Crippen LogP contribution in [0.25, 0.3) is 11.3 Å². The maximum absolute atomic E-state index is 12.7. The number of H-pyrrole nitrogens is 1. The van der Waals surface area contributed by atoms with Crippen molar-refractivity contribution in [2.24, 2.45) is 0 Å². The molecule has 1 aliphatic heterocycles. The molecule has 2 N–H and O–H groups in total. The van der Waals surface area contributed by atoms with Crippen LogP contribution in [-0.2, 0) is 4.79 Å². The molecular weight excluding hydrogens is 366 g/mol. The third-order valence-corrected chi connectivity index (χ3v) is 4.63. The lowest BCUT2D eigenvalue weighted by Crippen LogP contribution is -2.51. The number of benzene rings is 1. The smallest absolute Gasteiger partial charge is 0.271 e. The van der Waals surface area contributed by atoms with Gasteiger partial charge in [0.05, 0.1) is 12.2 Å². The normalized spacial score (nSPS) is 14.8. The number of carbonyl (C=O) groups is 2. The van der Waals surface area contributed by atoms with Crippen molar-refractivity contribution in [1.82, 2.24) is 25.3 Å². The van der Waals surface area contributed by atoms with Crippen molar-refractivity contribution >= 4 is 23.4 Å². The van der Waals surface area contributed by atoms with E-state index in [1.54, 1.807) is 23.1 Å². The first kappa shape index (κ1) is 19.1. The Morgan fingerprint density at radius 2 is 2.04 bits per heavy atom. The van der Waals surface area contributed by atoms with Gasteiger partial charge in [-0.15, -0.1) is 6.58 Å². The van der Waals surface area contributed by atoms with Gasteiger partial charge in [0.2, 0.25) is 5.91 Å². The fourth-order valence-electron chi connectivity index (χ4n) is 2.95. The number of rotatable bonds is 6. The summed E-state index contributed by atoms with van der Waals surface area (Å²) in [5, 5.41) is 10.4. The highest BCUT2D eigenvalue weighted by atomic mass is 35.5. The molecule has 0 spiro atoms. The van der Waals surface area contributed by atoms with Gasteiger partial charge < -0.3 is 10.2 Å². The Kier molecular flexibility index (Phi) is 6.26. The zero-order valence-electron chi connectivity index (χ0n) is 14.9. The van der Waals surface area contributed by atoms with Gasteiger partial charge in [-0.2, -0.15) is 5.10 Å². The Morgan fingerprint density at radius 1 is 1.26 bits per heavy atom. The molecule has 3 rings (SSSR count). The van der Waals surface area contributed by atoms with E-state index in [-0.39, 0.29) is 11.8 Å². The van der Waals surface area contributed by atoms with Crippen LogP contribution in [0.3, 0.4) is 0 Å². The van der Waals surface area contributed by atoms with Gasteiger partial charge in [-0.1, -0.05) is 29.8 Å². The van der Waals surface area contributed by atoms with Crippen molar-refractivity contribution in [3.05, 3.63) is 53.7 Å². The number of aromatic nitrogens is 2. The minimum atomic E-state index is -0.0912. The third-order valence-electron chi connectivity index (χ3n) is 4.40. The summed E-state index contributed by atoms with van der Waals surface area (Å²) in [4.78, 5) is 28.3. The van der Waals surface area contributed by atoms with Crippen LogP contribution in [0.1, 0.15) is 10.5 Å².